The van der Waals surface area contributed by atoms with Gasteiger partial charge in [-0.15, -0.1) is 0 Å². The first-order valence-corrected chi connectivity index (χ1v) is 7.84. The van der Waals surface area contributed by atoms with Crippen LogP contribution in [0, 0.1) is 0 Å². The number of carbonyl (C=O) groups excluding carboxylic acids is 1. The van der Waals surface area contributed by atoms with E-state index in [-0.39, 0.29) is 5.91 Å². The summed E-state index contributed by atoms with van der Waals surface area (Å²) < 4.78 is 5.20. The van der Waals surface area contributed by atoms with Crippen LogP contribution in [0.5, 0.6) is 0 Å². The minimum atomic E-state index is -0.637. The van der Waals surface area contributed by atoms with E-state index < -0.39 is 5.54 Å². The molecule has 1 aromatic rings. The van der Waals surface area contributed by atoms with Gasteiger partial charge in [0.15, 0.2) is 5.82 Å². The van der Waals surface area contributed by atoms with Crippen LogP contribution in [-0.2, 0) is 16.9 Å². The van der Waals surface area contributed by atoms with Gasteiger partial charge in [-0.1, -0.05) is 18.0 Å². The molecule has 7 nitrogen and oxygen atoms in total. The van der Waals surface area contributed by atoms with Crippen LogP contribution >= 0.6 is 0 Å². The van der Waals surface area contributed by atoms with Crippen molar-refractivity contribution in [1.29, 1.82) is 0 Å². The van der Waals surface area contributed by atoms with Gasteiger partial charge in [0, 0.05) is 6.42 Å². The van der Waals surface area contributed by atoms with Gasteiger partial charge in [0.05, 0.1) is 12.1 Å². The van der Waals surface area contributed by atoms with Crippen molar-refractivity contribution in [3.63, 3.8) is 0 Å². The van der Waals surface area contributed by atoms with Crippen molar-refractivity contribution in [2.75, 3.05) is 20.6 Å². The molecule has 3 N–H and O–H groups in total. The Bertz CT molecular complexity index is 457. The fraction of sp³-hybridized carbons (Fsp3) is 0.800. The first-order chi connectivity index (χ1) is 10.3. The molecule has 1 amide bonds. The van der Waals surface area contributed by atoms with Gasteiger partial charge in [-0.3, -0.25) is 4.79 Å². The topological polar surface area (TPSA) is 97.3 Å². The van der Waals surface area contributed by atoms with E-state index in [0.717, 1.165) is 25.7 Å². The number of aromatic nitrogens is 2. The van der Waals surface area contributed by atoms with Crippen LogP contribution in [0.1, 0.15) is 57.7 Å². The third kappa shape index (κ3) is 6.53. The summed E-state index contributed by atoms with van der Waals surface area (Å²) in [5.74, 6) is 1.06. The predicted molar refractivity (Wildman–Crippen MR) is 85.0 cm³/mol. The van der Waals surface area contributed by atoms with Gasteiger partial charge in [0.25, 0.3) is 0 Å². The van der Waals surface area contributed by atoms with Crippen LogP contribution < -0.4 is 11.1 Å². The van der Waals surface area contributed by atoms with Gasteiger partial charge in [-0.05, 0) is 47.3 Å². The largest absolute Gasteiger partial charge is 0.344 e. The zero-order valence-electron chi connectivity index (χ0n) is 14.2. The lowest BCUT2D eigenvalue weighted by Crippen LogP contribution is -2.41. The Labute approximate surface area is 132 Å². The molecule has 0 fully saturated rings. The molecule has 0 saturated heterocycles. The molecule has 126 valence electrons. The van der Waals surface area contributed by atoms with Gasteiger partial charge < -0.3 is 20.5 Å². The molecule has 0 aliphatic heterocycles. The van der Waals surface area contributed by atoms with Gasteiger partial charge in [0.2, 0.25) is 11.8 Å². The second-order valence-electron chi connectivity index (χ2n) is 6.38. The van der Waals surface area contributed by atoms with Crippen LogP contribution in [0.2, 0.25) is 0 Å². The van der Waals surface area contributed by atoms with Gasteiger partial charge in [-0.25, -0.2) is 0 Å². The highest BCUT2D eigenvalue weighted by Gasteiger charge is 2.28. The molecule has 0 bridgehead atoms. The smallest absolute Gasteiger partial charge is 0.240 e. The quantitative estimate of drug-likeness (QED) is 0.634. The standard InChI is InChI=1S/C15H29N5O2/c1-15(2,14-17-13(22-19-14)11-20(3)4)18-12(21)9-7-5-6-8-10-16/h5-11,16H2,1-4H3,(H,18,21). The highest BCUT2D eigenvalue weighted by molar-refractivity contribution is 5.76. The minimum Gasteiger partial charge on any atom is -0.344 e. The number of rotatable bonds is 10. The summed E-state index contributed by atoms with van der Waals surface area (Å²) in [7, 11) is 3.86. The SMILES string of the molecule is CN(C)Cc1nc(C(C)(C)NC(=O)CCCCCCN)no1. The highest BCUT2D eigenvalue weighted by atomic mass is 16.5. The molecule has 0 saturated carbocycles. The van der Waals surface area contributed by atoms with Crippen molar-refractivity contribution >= 4 is 5.91 Å². The Kier molecular flexibility index (Phi) is 7.47. The maximum atomic E-state index is 12.0. The normalized spacial score (nSPS) is 11.9. The Morgan fingerprint density at radius 1 is 1.27 bits per heavy atom. The summed E-state index contributed by atoms with van der Waals surface area (Å²) in [5.41, 5.74) is 4.81. The van der Waals surface area contributed by atoms with Crippen molar-refractivity contribution in [3.05, 3.63) is 11.7 Å². The molecule has 0 unspecified atom stereocenters. The summed E-state index contributed by atoms with van der Waals surface area (Å²) in [5, 5.41) is 6.94. The number of amides is 1. The third-order valence-electron chi connectivity index (χ3n) is 3.29. The maximum absolute atomic E-state index is 12.0. The van der Waals surface area contributed by atoms with E-state index in [1.807, 2.05) is 32.8 Å². The van der Waals surface area contributed by atoms with E-state index in [9.17, 15) is 4.79 Å². The molecule has 0 aromatic carbocycles. The van der Waals surface area contributed by atoms with Crippen LogP contribution in [0.15, 0.2) is 4.52 Å². The summed E-state index contributed by atoms with van der Waals surface area (Å²) in [6, 6.07) is 0. The monoisotopic (exact) mass is 311 g/mol. The van der Waals surface area contributed by atoms with Gasteiger partial charge in [0.1, 0.15) is 0 Å². The molecule has 0 aliphatic rings. The van der Waals surface area contributed by atoms with E-state index in [2.05, 4.69) is 15.5 Å². The van der Waals surface area contributed by atoms with Crippen molar-refractivity contribution in [2.45, 2.75) is 58.0 Å². The van der Waals surface area contributed by atoms with Crippen molar-refractivity contribution < 1.29 is 9.32 Å². The summed E-state index contributed by atoms with van der Waals surface area (Å²) in [6.45, 7) is 5.05. The molecule has 1 heterocycles. The Balaban J connectivity index is 2.44. The molecule has 0 atom stereocenters. The predicted octanol–water partition coefficient (Wildman–Crippen LogP) is 1.39. The number of nitrogens with two attached hydrogens (primary N) is 1. The maximum Gasteiger partial charge on any atom is 0.240 e. The summed E-state index contributed by atoms with van der Waals surface area (Å²) >= 11 is 0. The lowest BCUT2D eigenvalue weighted by molar-refractivity contribution is -0.123. The number of nitrogens with one attached hydrogen (secondary N) is 1. The zero-order chi connectivity index (χ0) is 16.6. The molecule has 7 heteroatoms. The fourth-order valence-corrected chi connectivity index (χ4v) is 2.09. The molecule has 0 aliphatic carbocycles. The zero-order valence-corrected chi connectivity index (χ0v) is 14.2. The third-order valence-corrected chi connectivity index (χ3v) is 3.29. The number of hydrogen-bond donors (Lipinski definition) is 2. The number of nitrogens with zero attached hydrogens (tertiary/aromatic N) is 3. The first-order valence-electron chi connectivity index (χ1n) is 7.84. The van der Waals surface area contributed by atoms with Crippen LogP contribution in [0.4, 0.5) is 0 Å². The number of carbonyl (C=O) groups is 1. The number of unbranched alkanes of at least 4 members (excludes halogenated alkanes) is 3. The van der Waals surface area contributed by atoms with Crippen LogP contribution in [0.25, 0.3) is 0 Å². The second kappa shape index (κ2) is 8.85. The Morgan fingerprint density at radius 3 is 2.59 bits per heavy atom. The van der Waals surface area contributed by atoms with Crippen LogP contribution in [-0.4, -0.2) is 41.6 Å². The average Bonchev–Trinajstić information content (AvgIpc) is 2.86. The van der Waals surface area contributed by atoms with E-state index >= 15 is 0 Å². The lowest BCUT2D eigenvalue weighted by atomic mass is 10.0. The van der Waals surface area contributed by atoms with E-state index in [1.165, 1.54) is 0 Å². The van der Waals surface area contributed by atoms with Crippen molar-refractivity contribution in [3.8, 4) is 0 Å². The molecule has 0 spiro atoms. The average molecular weight is 311 g/mol. The summed E-state index contributed by atoms with van der Waals surface area (Å²) in [6.07, 6.45) is 4.51. The van der Waals surface area contributed by atoms with Crippen LogP contribution in [0.3, 0.4) is 0 Å². The Morgan fingerprint density at radius 2 is 1.95 bits per heavy atom. The van der Waals surface area contributed by atoms with E-state index in [1.54, 1.807) is 0 Å². The van der Waals surface area contributed by atoms with E-state index in [4.69, 9.17) is 10.3 Å². The highest BCUT2D eigenvalue weighted by Crippen LogP contribution is 2.17. The van der Waals surface area contributed by atoms with E-state index in [0.29, 0.717) is 31.2 Å². The summed E-state index contributed by atoms with van der Waals surface area (Å²) in [4.78, 5) is 18.3. The van der Waals surface area contributed by atoms with Gasteiger partial charge in [-0.2, -0.15) is 4.98 Å². The lowest BCUT2D eigenvalue weighted by Gasteiger charge is -2.22. The molecule has 22 heavy (non-hydrogen) atoms. The molecular weight excluding hydrogens is 282 g/mol. The molecule has 1 rings (SSSR count). The fourth-order valence-electron chi connectivity index (χ4n) is 2.09. The van der Waals surface area contributed by atoms with Gasteiger partial charge >= 0.3 is 0 Å². The minimum absolute atomic E-state index is 0.0108. The van der Waals surface area contributed by atoms with Crippen molar-refractivity contribution in [2.24, 2.45) is 5.73 Å². The molecule has 0 radical (unpaired) electrons. The molecular formula is C15H29N5O2. The first kappa shape index (κ1) is 18.6. The second-order valence-corrected chi connectivity index (χ2v) is 6.38. The Hall–Kier alpha value is -1.47. The molecule has 1 aromatic heterocycles. The number of hydrogen-bond acceptors (Lipinski definition) is 6. The van der Waals surface area contributed by atoms with Crippen molar-refractivity contribution in [1.82, 2.24) is 20.4 Å².